The fourth-order valence-electron chi connectivity index (χ4n) is 4.48. The molecule has 210 valence electrons. The maximum Gasteiger partial charge on any atom is 0.281 e. The minimum Gasteiger partial charge on any atom is -0.491 e. The number of benzene rings is 1. The van der Waals surface area contributed by atoms with Crippen LogP contribution in [0.5, 0.6) is 5.75 Å². The van der Waals surface area contributed by atoms with Gasteiger partial charge in [-0.2, -0.15) is 20.2 Å². The molecule has 0 spiro atoms. The van der Waals surface area contributed by atoms with Crippen LogP contribution < -0.4 is 9.04 Å². The fraction of sp³-hybridized carbons (Fsp3) is 0.440. The molecule has 39 heavy (non-hydrogen) atoms. The lowest BCUT2D eigenvalue weighted by molar-refractivity contribution is -0.259. The van der Waals surface area contributed by atoms with Crippen LogP contribution in [0.25, 0.3) is 10.9 Å². The number of aliphatic imine (C=N–C) groups is 1. The normalized spacial score (nSPS) is 18.9. The van der Waals surface area contributed by atoms with Crippen molar-refractivity contribution >= 4 is 55.2 Å². The number of hydrogen-bond donors (Lipinski definition) is 3. The second-order valence-electron chi connectivity index (χ2n) is 9.11. The quantitative estimate of drug-likeness (QED) is 0.236. The van der Waals surface area contributed by atoms with Gasteiger partial charge in [0.25, 0.3) is 10.0 Å². The summed E-state index contributed by atoms with van der Waals surface area (Å²) in [6, 6.07) is 10.1. The van der Waals surface area contributed by atoms with E-state index in [1.165, 1.54) is 35.4 Å². The van der Waals surface area contributed by atoms with E-state index < -0.39 is 21.2 Å². The Morgan fingerprint density at radius 2 is 2.00 bits per heavy atom. The average molecular weight is 594 g/mol. The standard InChI is InChI=1S/C25H31N5O6S3/c1-29(39(33,34)22-5-3-4-6-26-22)20-15-18(36-10-9-35-2)13-17-14-19(28-23(17)20)24-27-16-21(38-24)25(31,32)30-7-11-37-12-8-30/h3-6,13-15,21,28,31-32H,7-12,16H2,1-2H3. The van der Waals surface area contributed by atoms with Gasteiger partial charge < -0.3 is 24.7 Å². The highest BCUT2D eigenvalue weighted by atomic mass is 32.2. The van der Waals surface area contributed by atoms with E-state index in [2.05, 4.69) is 15.0 Å². The first kappa shape index (κ1) is 28.2. The zero-order chi connectivity index (χ0) is 27.6. The molecule has 3 N–H and O–H groups in total. The van der Waals surface area contributed by atoms with E-state index in [4.69, 9.17) is 9.47 Å². The molecule has 1 unspecified atom stereocenters. The van der Waals surface area contributed by atoms with Crippen molar-refractivity contribution < 1.29 is 28.1 Å². The Morgan fingerprint density at radius 3 is 2.72 bits per heavy atom. The number of nitrogens with zero attached hydrogens (tertiary/aromatic N) is 4. The summed E-state index contributed by atoms with van der Waals surface area (Å²) in [4.78, 5) is 13.7. The van der Waals surface area contributed by atoms with Gasteiger partial charge >= 0.3 is 0 Å². The van der Waals surface area contributed by atoms with Gasteiger partial charge in [0.15, 0.2) is 5.03 Å². The zero-order valence-corrected chi connectivity index (χ0v) is 24.1. The van der Waals surface area contributed by atoms with Crippen molar-refractivity contribution in [1.29, 1.82) is 0 Å². The van der Waals surface area contributed by atoms with Gasteiger partial charge in [0.2, 0.25) is 5.91 Å². The molecule has 0 aliphatic carbocycles. The Bertz CT molecular complexity index is 1440. The highest BCUT2D eigenvalue weighted by molar-refractivity contribution is 8.15. The lowest BCUT2D eigenvalue weighted by atomic mass is 10.2. The van der Waals surface area contributed by atoms with Gasteiger partial charge in [-0.05, 0) is 24.3 Å². The minimum atomic E-state index is -3.96. The van der Waals surface area contributed by atoms with Gasteiger partial charge in [-0.25, -0.2) is 4.98 Å². The van der Waals surface area contributed by atoms with E-state index in [-0.39, 0.29) is 11.6 Å². The Labute approximate surface area is 235 Å². The Balaban J connectivity index is 1.47. The number of anilines is 1. The smallest absolute Gasteiger partial charge is 0.281 e. The molecule has 1 atom stereocenters. The molecule has 5 rings (SSSR count). The van der Waals surface area contributed by atoms with E-state index in [1.807, 2.05) is 12.1 Å². The van der Waals surface area contributed by atoms with Crippen molar-refractivity contribution in [1.82, 2.24) is 14.9 Å². The average Bonchev–Trinajstić information content (AvgIpc) is 3.61. The van der Waals surface area contributed by atoms with Crippen LogP contribution in [-0.2, 0) is 14.8 Å². The van der Waals surface area contributed by atoms with Gasteiger partial charge in [-0.15, -0.1) is 0 Å². The third-order valence-electron chi connectivity index (χ3n) is 6.63. The van der Waals surface area contributed by atoms with E-state index in [0.29, 0.717) is 54.0 Å². The molecule has 0 amide bonds. The number of ether oxygens (including phenoxy) is 2. The predicted molar refractivity (Wildman–Crippen MR) is 154 cm³/mol. The van der Waals surface area contributed by atoms with E-state index in [0.717, 1.165) is 16.9 Å². The monoisotopic (exact) mass is 593 g/mol. The summed E-state index contributed by atoms with van der Waals surface area (Å²) >= 11 is 3.09. The molecule has 1 fully saturated rings. The number of thioether (sulfide) groups is 2. The molecular weight excluding hydrogens is 563 g/mol. The number of aliphatic hydroxyl groups is 2. The van der Waals surface area contributed by atoms with Gasteiger partial charge in [-0.3, -0.25) is 14.2 Å². The number of methoxy groups -OCH3 is 1. The molecule has 2 aliphatic rings. The Hall–Kier alpha value is -2.33. The lowest BCUT2D eigenvalue weighted by Crippen LogP contribution is -2.58. The van der Waals surface area contributed by atoms with Crippen molar-refractivity contribution in [2.24, 2.45) is 4.99 Å². The van der Waals surface area contributed by atoms with Crippen molar-refractivity contribution in [3.05, 3.63) is 48.3 Å². The number of sulfonamides is 1. The molecule has 14 heteroatoms. The molecular formula is C25H31N5O6S3. The molecule has 0 radical (unpaired) electrons. The zero-order valence-electron chi connectivity index (χ0n) is 21.6. The predicted octanol–water partition coefficient (Wildman–Crippen LogP) is 1.96. The summed E-state index contributed by atoms with van der Waals surface area (Å²) in [7, 11) is -0.914. The molecule has 11 nitrogen and oxygen atoms in total. The molecule has 1 aromatic carbocycles. The highest BCUT2D eigenvalue weighted by Gasteiger charge is 2.44. The minimum absolute atomic E-state index is 0.0740. The van der Waals surface area contributed by atoms with Crippen LogP contribution in [0.15, 0.2) is 52.6 Å². The summed E-state index contributed by atoms with van der Waals surface area (Å²) in [6.07, 6.45) is 1.43. The molecule has 0 saturated carbocycles. The summed E-state index contributed by atoms with van der Waals surface area (Å²) in [5, 5.41) is 22.6. The van der Waals surface area contributed by atoms with Gasteiger partial charge in [0.1, 0.15) is 17.4 Å². The number of nitrogens with one attached hydrogen (secondary N) is 1. The molecule has 4 heterocycles. The number of hydrogen-bond acceptors (Lipinski definition) is 11. The third-order valence-corrected chi connectivity index (χ3v) is 10.6. The maximum absolute atomic E-state index is 13.4. The SMILES string of the molecule is COCCOc1cc(N(C)S(=O)(=O)c2ccccn2)c2[nH]c(C3=NCC(C(O)(O)N4CCSCC4)S3)cc2c1. The fourth-order valence-corrected chi connectivity index (χ4v) is 7.62. The first-order chi connectivity index (χ1) is 18.7. The third kappa shape index (κ3) is 5.78. The van der Waals surface area contributed by atoms with Crippen LogP contribution in [0.3, 0.4) is 0 Å². The summed E-state index contributed by atoms with van der Waals surface area (Å²) < 4.78 is 38.9. The summed E-state index contributed by atoms with van der Waals surface area (Å²) in [6.45, 7) is 2.12. The van der Waals surface area contributed by atoms with Crippen LogP contribution >= 0.6 is 23.5 Å². The number of rotatable bonds is 10. The number of aromatic nitrogens is 2. The van der Waals surface area contributed by atoms with Crippen LogP contribution in [0.2, 0.25) is 0 Å². The van der Waals surface area contributed by atoms with E-state index in [9.17, 15) is 18.6 Å². The number of H-pyrrole nitrogens is 1. The lowest BCUT2D eigenvalue weighted by Gasteiger charge is -2.40. The number of aromatic amines is 1. The molecule has 2 aliphatic heterocycles. The van der Waals surface area contributed by atoms with Gasteiger partial charge in [0.05, 0.1) is 35.3 Å². The number of pyridine rings is 1. The number of fused-ring (bicyclic) bond motifs is 1. The van der Waals surface area contributed by atoms with Crippen LogP contribution in [0.4, 0.5) is 5.69 Å². The van der Waals surface area contributed by atoms with E-state index in [1.54, 1.807) is 42.0 Å². The van der Waals surface area contributed by atoms with Crippen molar-refractivity contribution in [2.75, 3.05) is 62.8 Å². The molecule has 2 aromatic heterocycles. The molecule has 0 bridgehead atoms. The van der Waals surface area contributed by atoms with Gasteiger partial charge in [0, 0.05) is 56.4 Å². The van der Waals surface area contributed by atoms with Crippen LogP contribution in [0, 0.1) is 0 Å². The van der Waals surface area contributed by atoms with Crippen molar-refractivity contribution in [2.45, 2.75) is 16.2 Å². The van der Waals surface area contributed by atoms with Gasteiger partial charge in [-0.1, -0.05) is 17.8 Å². The largest absolute Gasteiger partial charge is 0.491 e. The Morgan fingerprint density at radius 1 is 1.21 bits per heavy atom. The van der Waals surface area contributed by atoms with Crippen molar-refractivity contribution in [3.8, 4) is 5.75 Å². The van der Waals surface area contributed by atoms with E-state index >= 15 is 0 Å². The second kappa shape index (κ2) is 11.6. The van der Waals surface area contributed by atoms with Crippen LogP contribution in [-0.4, -0.2) is 108 Å². The second-order valence-corrected chi connectivity index (χ2v) is 13.4. The van der Waals surface area contributed by atoms with Crippen molar-refractivity contribution in [3.63, 3.8) is 0 Å². The first-order valence-corrected chi connectivity index (χ1v) is 15.9. The van der Waals surface area contributed by atoms with Crippen LogP contribution in [0.1, 0.15) is 5.69 Å². The molecule has 1 saturated heterocycles. The first-order valence-electron chi connectivity index (χ1n) is 12.4. The Kier molecular flexibility index (Phi) is 8.42. The summed E-state index contributed by atoms with van der Waals surface area (Å²) in [5.74, 6) is 0.202. The molecule has 3 aromatic rings. The maximum atomic E-state index is 13.4. The summed E-state index contributed by atoms with van der Waals surface area (Å²) in [5.41, 5.74) is 1.60. The topological polar surface area (TPSA) is 141 Å². The highest BCUT2D eigenvalue weighted by Crippen LogP contribution is 2.38.